The molecule has 13 aromatic rings. The highest BCUT2D eigenvalue weighted by Crippen LogP contribution is 2.48. The van der Waals surface area contributed by atoms with Gasteiger partial charge in [-0.1, -0.05) is 146 Å². The quantitative estimate of drug-likeness (QED) is 0.136. The first-order chi connectivity index (χ1) is 35.9. The molecule has 0 saturated carbocycles. The fraction of sp³-hybridized carbons (Fsp3) is 0. The van der Waals surface area contributed by atoms with Crippen LogP contribution in [0.3, 0.4) is 0 Å². The number of para-hydroxylation sites is 6. The monoisotopic (exact) mass is 905 g/mol. The summed E-state index contributed by atoms with van der Waals surface area (Å²) in [6.45, 7) is 0. The molecule has 0 amide bonds. The second-order valence-corrected chi connectivity index (χ2v) is 18.0. The molecule has 326 valence electrons. The molecule has 0 fully saturated rings. The third-order valence-corrected chi connectivity index (χ3v) is 14.1. The minimum atomic E-state index is -0.173. The summed E-state index contributed by atoms with van der Waals surface area (Å²) in [7, 11) is 0. The molecule has 0 bridgehead atoms. The van der Waals surface area contributed by atoms with E-state index in [0.29, 0.717) is 28.1 Å². The molecular weight excluding hydrogens is 859 g/mol. The highest BCUT2D eigenvalue weighted by Gasteiger charge is 2.22. The fourth-order valence-corrected chi connectivity index (χ4v) is 10.9. The number of benzene rings is 11. The lowest BCUT2D eigenvalue weighted by molar-refractivity contribution is 0.670. The molecule has 0 atom stereocenters. The molecule has 4 nitrogen and oxygen atoms in total. The maximum Gasteiger partial charge on any atom is 0.143 e. The van der Waals surface area contributed by atoms with Crippen molar-refractivity contribution in [2.45, 2.75) is 0 Å². The van der Waals surface area contributed by atoms with E-state index in [1.54, 1.807) is 11.3 Å². The molecule has 2 aromatic heterocycles. The third-order valence-electron chi connectivity index (χ3n) is 12.9. The van der Waals surface area contributed by atoms with Crippen molar-refractivity contribution in [3.63, 3.8) is 0 Å². The van der Waals surface area contributed by atoms with Crippen LogP contribution in [0.25, 0.3) is 64.0 Å². The molecule has 0 saturated heterocycles. The Bertz CT molecular complexity index is 4100. The van der Waals surface area contributed by atoms with E-state index in [1.165, 1.54) is 0 Å². The van der Waals surface area contributed by atoms with Crippen LogP contribution in [0.5, 0.6) is 0 Å². The summed E-state index contributed by atoms with van der Waals surface area (Å²) in [5, 5.41) is 6.10. The van der Waals surface area contributed by atoms with E-state index >= 15 is 0 Å². The van der Waals surface area contributed by atoms with Gasteiger partial charge in [-0.3, -0.25) is 0 Å². The van der Waals surface area contributed by atoms with Gasteiger partial charge in [-0.05, 0) is 121 Å². The van der Waals surface area contributed by atoms with Crippen LogP contribution in [0.4, 0.5) is 51.2 Å². The number of nitrogens with zero attached hydrogens (tertiary/aromatic N) is 3. The van der Waals surface area contributed by atoms with Crippen molar-refractivity contribution in [1.82, 2.24) is 0 Å². The first kappa shape index (κ1) is 36.2. The van der Waals surface area contributed by atoms with E-state index in [-0.39, 0.29) is 35.4 Å². The first-order valence-electron chi connectivity index (χ1n) is 25.0. The third kappa shape index (κ3) is 7.16. The molecule has 0 aliphatic carbocycles. The molecule has 0 spiro atoms. The van der Waals surface area contributed by atoms with E-state index in [1.807, 2.05) is 126 Å². The van der Waals surface area contributed by atoms with Crippen molar-refractivity contribution in [1.29, 1.82) is 0 Å². The highest BCUT2D eigenvalue weighted by atomic mass is 32.1. The Morgan fingerprint density at radius 3 is 1.42 bits per heavy atom. The Hall–Kier alpha value is -8.90. The number of fused-ring (bicyclic) bond motifs is 8. The maximum atomic E-state index is 9.92. The van der Waals surface area contributed by atoms with Gasteiger partial charge in [0.05, 0.1) is 11.2 Å². The van der Waals surface area contributed by atoms with Crippen molar-refractivity contribution in [2.75, 3.05) is 14.7 Å². The van der Waals surface area contributed by atoms with Gasteiger partial charge in [-0.25, -0.2) is 0 Å². The largest absolute Gasteiger partial charge is 0.455 e. The molecule has 13 rings (SSSR count). The van der Waals surface area contributed by atoms with Crippen molar-refractivity contribution < 1.29 is 9.90 Å². The average molecular weight is 906 g/mol. The molecular formula is C64H43N3OS. The van der Waals surface area contributed by atoms with E-state index < -0.39 is 0 Å². The molecule has 2 heterocycles. The molecule has 0 aliphatic rings. The lowest BCUT2D eigenvalue weighted by Gasteiger charge is -2.28. The first-order valence-corrected chi connectivity index (χ1v) is 23.8. The maximum absolute atomic E-state index is 9.92. The van der Waals surface area contributed by atoms with Crippen LogP contribution >= 0.6 is 11.3 Å². The van der Waals surface area contributed by atoms with E-state index in [9.17, 15) is 5.48 Å². The number of hydrogen-bond acceptors (Lipinski definition) is 5. The summed E-state index contributed by atoms with van der Waals surface area (Å²) < 4.78 is 48.0. The Morgan fingerprint density at radius 1 is 0.333 bits per heavy atom. The molecule has 5 heteroatoms. The Kier molecular flexibility index (Phi) is 8.97. The fourth-order valence-electron chi connectivity index (χ4n) is 9.73. The second kappa shape index (κ2) is 17.1. The smallest absolute Gasteiger partial charge is 0.143 e. The molecule has 0 unspecified atom stereocenters. The molecule has 11 aromatic carbocycles. The SMILES string of the molecule is [2H]c1c([2H])c(N(c2ccc(N(c3ccccc3)c3ccccc3)cc2)c2ccc3sc4c5ccccc5c(N(c5ccccc5)c5ccccc5)cc4c3c2)c([2H])c([2H])c1-c1cccc2c1oc1ccccc12. The zero-order valence-electron chi connectivity index (χ0n) is 41.2. The van der Waals surface area contributed by atoms with Crippen LogP contribution in [-0.2, 0) is 0 Å². The van der Waals surface area contributed by atoms with Crippen LogP contribution in [0.15, 0.2) is 265 Å². The zero-order valence-corrected chi connectivity index (χ0v) is 38.0. The number of rotatable bonds is 10. The van der Waals surface area contributed by atoms with Crippen molar-refractivity contribution in [3.8, 4) is 11.1 Å². The van der Waals surface area contributed by atoms with Crippen molar-refractivity contribution in [3.05, 3.63) is 261 Å². The Balaban J connectivity index is 1.03. The molecule has 0 N–H and O–H groups in total. The predicted octanol–water partition coefficient (Wildman–Crippen LogP) is 19.2. The van der Waals surface area contributed by atoms with Gasteiger partial charge in [0, 0.05) is 92.8 Å². The van der Waals surface area contributed by atoms with Crippen LogP contribution in [-0.4, -0.2) is 0 Å². The van der Waals surface area contributed by atoms with E-state index in [2.05, 4.69) is 125 Å². The van der Waals surface area contributed by atoms with Gasteiger partial charge in [-0.2, -0.15) is 0 Å². The van der Waals surface area contributed by atoms with E-state index in [0.717, 1.165) is 75.8 Å². The van der Waals surface area contributed by atoms with Crippen LogP contribution in [0, 0.1) is 0 Å². The zero-order chi connectivity index (χ0) is 49.2. The molecule has 0 aliphatic heterocycles. The highest BCUT2D eigenvalue weighted by molar-refractivity contribution is 7.26. The summed E-state index contributed by atoms with van der Waals surface area (Å²) in [6.07, 6.45) is 0. The molecule has 69 heavy (non-hydrogen) atoms. The Morgan fingerprint density at radius 2 is 0.812 bits per heavy atom. The number of anilines is 9. The average Bonchev–Trinajstić information content (AvgIpc) is 4.02. The number of hydrogen-bond donors (Lipinski definition) is 0. The Labute approximate surface area is 410 Å². The van der Waals surface area contributed by atoms with E-state index in [4.69, 9.17) is 4.42 Å². The van der Waals surface area contributed by atoms with Gasteiger partial charge < -0.3 is 19.1 Å². The van der Waals surface area contributed by atoms with Gasteiger partial charge in [0.15, 0.2) is 0 Å². The number of furan rings is 1. The van der Waals surface area contributed by atoms with Gasteiger partial charge in [0.1, 0.15) is 11.2 Å². The molecule has 0 radical (unpaired) electrons. The number of thiophene rings is 1. The standard InChI is InChI=1S/C64H43N3OS/c1-5-18-45(19-6-1)65(46-20-7-2-8-21-46)50-36-38-51(39-37-50)66(49-34-32-44(33-35-49)53-29-17-30-56-55-27-15-16-31-61(55)68-63(53)56)52-40-41-62-58(42-52)59-43-60(54-26-13-14-28-57(54)64(59)69-62)67(47-22-9-3-10-23-47)48-24-11-4-12-25-48/h1-43H/i32D,33D,34D,35D. The van der Waals surface area contributed by atoms with Gasteiger partial charge >= 0.3 is 0 Å². The minimum Gasteiger partial charge on any atom is -0.455 e. The van der Waals surface area contributed by atoms with Crippen LogP contribution in [0.2, 0.25) is 0 Å². The van der Waals surface area contributed by atoms with Crippen molar-refractivity contribution >= 4 is 115 Å². The summed E-state index contributed by atoms with van der Waals surface area (Å²) in [5.74, 6) is 0. The summed E-state index contributed by atoms with van der Waals surface area (Å²) in [5.41, 5.74) is 9.39. The topological polar surface area (TPSA) is 22.9 Å². The predicted molar refractivity (Wildman–Crippen MR) is 294 cm³/mol. The summed E-state index contributed by atoms with van der Waals surface area (Å²) in [4.78, 5) is 6.39. The van der Waals surface area contributed by atoms with Crippen LogP contribution < -0.4 is 14.7 Å². The van der Waals surface area contributed by atoms with Gasteiger partial charge in [0.25, 0.3) is 0 Å². The normalized spacial score (nSPS) is 12.3. The van der Waals surface area contributed by atoms with Crippen molar-refractivity contribution in [2.24, 2.45) is 0 Å². The second-order valence-electron chi connectivity index (χ2n) is 17.0. The lowest BCUT2D eigenvalue weighted by Crippen LogP contribution is -2.12. The lowest BCUT2D eigenvalue weighted by atomic mass is 10.0. The van der Waals surface area contributed by atoms with Gasteiger partial charge in [-0.15, -0.1) is 11.3 Å². The van der Waals surface area contributed by atoms with Crippen LogP contribution in [0.1, 0.15) is 5.48 Å². The van der Waals surface area contributed by atoms with Gasteiger partial charge in [0.2, 0.25) is 0 Å². The minimum absolute atomic E-state index is 0.135. The summed E-state index contributed by atoms with van der Waals surface area (Å²) in [6, 6.07) is 79.4. The summed E-state index contributed by atoms with van der Waals surface area (Å²) >= 11 is 1.74.